The molecule has 66 heavy (non-hydrogen) atoms. The fourth-order valence-corrected chi connectivity index (χ4v) is 8.89. The Morgan fingerprint density at radius 1 is 0.970 bits per heavy atom. The highest BCUT2D eigenvalue weighted by Crippen LogP contribution is 2.48. The summed E-state index contributed by atoms with van der Waals surface area (Å²) in [6.07, 6.45) is 7.92. The van der Waals surface area contributed by atoms with Crippen molar-refractivity contribution in [3.05, 3.63) is 90.6 Å². The summed E-state index contributed by atoms with van der Waals surface area (Å²) in [5.41, 5.74) is 5.55. The Morgan fingerprint density at radius 3 is 2.33 bits per heavy atom. The number of benzene rings is 2. The van der Waals surface area contributed by atoms with Crippen LogP contribution in [0.4, 0.5) is 14.0 Å². The molecule has 4 unspecified atom stereocenters. The normalized spacial score (nSPS) is 16.7. The maximum atomic E-state index is 16.7. The van der Waals surface area contributed by atoms with Gasteiger partial charge in [0, 0.05) is 29.6 Å². The van der Waals surface area contributed by atoms with Crippen LogP contribution in [0.15, 0.2) is 73.1 Å². The van der Waals surface area contributed by atoms with Gasteiger partial charge in [0.1, 0.15) is 35.3 Å². The van der Waals surface area contributed by atoms with Gasteiger partial charge >= 0.3 is 12.2 Å². The number of nitrogens with one attached hydrogen (secondary N) is 4. The molecule has 0 bridgehead atoms. The Kier molecular flexibility index (Phi) is 14.3. The van der Waals surface area contributed by atoms with Gasteiger partial charge in [-0.25, -0.2) is 23.9 Å². The number of allylic oxidation sites excluding steroid dienone is 1. The van der Waals surface area contributed by atoms with Crippen molar-refractivity contribution >= 4 is 34.9 Å². The number of carbonyl (C=O) groups excluding carboxylic acids is 4. The number of ether oxygens (including phenoxy) is 3. The zero-order valence-electron chi connectivity index (χ0n) is 38.9. The molecule has 4 atom stereocenters. The first-order valence-corrected chi connectivity index (χ1v) is 22.5. The van der Waals surface area contributed by atoms with E-state index < -0.39 is 36.3 Å². The summed E-state index contributed by atoms with van der Waals surface area (Å²) >= 11 is 0. The van der Waals surface area contributed by atoms with Gasteiger partial charge in [0.05, 0.1) is 67.4 Å². The SMILES string of the molecule is C=CCCN(Cc1ncc(-c2ccc3c(c2)cc2n3C(C(=CC)CC)Oc3cc(-c4cnc(C5CCCN5C(=O)C(NC(=O)OC)C(C)C)[nH]4)cc(F)c3-2)[nH]1)C(=O)C(NC(=O)OC)C(C)C. The number of methoxy groups -OCH3 is 2. The highest BCUT2D eigenvalue weighted by molar-refractivity contribution is 5.93. The van der Waals surface area contributed by atoms with Crippen molar-refractivity contribution in [3.8, 4) is 39.5 Å². The van der Waals surface area contributed by atoms with Gasteiger partial charge in [-0.3, -0.25) is 9.59 Å². The number of halogens is 1. The van der Waals surface area contributed by atoms with Crippen LogP contribution in [0.2, 0.25) is 0 Å². The Balaban J connectivity index is 1.18. The summed E-state index contributed by atoms with van der Waals surface area (Å²) in [6, 6.07) is 9.35. The summed E-state index contributed by atoms with van der Waals surface area (Å²) < 4.78 is 35.1. The van der Waals surface area contributed by atoms with Gasteiger partial charge in [-0.2, -0.15) is 0 Å². The second kappa shape index (κ2) is 20.1. The number of nitrogens with zero attached hydrogens (tertiary/aromatic N) is 5. The molecule has 7 rings (SSSR count). The number of amides is 4. The van der Waals surface area contributed by atoms with E-state index in [0.717, 1.165) is 34.2 Å². The molecule has 350 valence electrons. The fraction of sp³-hybridized carbons (Fsp3) is 0.429. The van der Waals surface area contributed by atoms with E-state index in [1.807, 2.05) is 75.6 Å². The predicted octanol–water partition coefficient (Wildman–Crippen LogP) is 8.80. The number of hydrogen-bond donors (Lipinski definition) is 4. The zero-order chi connectivity index (χ0) is 47.4. The summed E-state index contributed by atoms with van der Waals surface area (Å²) in [6.45, 7) is 16.4. The van der Waals surface area contributed by atoms with Crippen molar-refractivity contribution in [1.29, 1.82) is 0 Å². The first-order chi connectivity index (χ1) is 31.7. The average Bonchev–Trinajstić information content (AvgIpc) is 4.14. The van der Waals surface area contributed by atoms with Crippen molar-refractivity contribution in [2.45, 2.75) is 98.1 Å². The minimum Gasteiger partial charge on any atom is -0.465 e. The molecule has 2 aromatic carbocycles. The molecule has 17 heteroatoms. The summed E-state index contributed by atoms with van der Waals surface area (Å²) in [5.74, 6) is 0.206. The van der Waals surface area contributed by atoms with Gasteiger partial charge in [0.2, 0.25) is 11.8 Å². The standard InChI is InChI=1S/C49H60FN9O7/c1-10-13-18-57(45(60)42(27(4)5)55-48(62)64-8)26-40-51-24-34(53-40)30-16-17-36-32(20-30)22-38-41-33(50)21-31(23-39(41)66-47(59(36)38)29(11-2)12-3)35-25-52-44(54-35)37-15-14-19-58(37)46(61)43(28(6)7)56-49(63)65-9/h10-11,16-17,20-25,27-28,37,42-43,47H,1,12-15,18-19,26H2,2-9H3,(H,51,53)(H,52,54)(H,55,62)(H,56,63). The van der Waals surface area contributed by atoms with Gasteiger partial charge in [-0.05, 0) is 80.3 Å². The quantitative estimate of drug-likeness (QED) is 0.0702. The van der Waals surface area contributed by atoms with Gasteiger partial charge < -0.3 is 49.2 Å². The Bertz CT molecular complexity index is 2640. The van der Waals surface area contributed by atoms with Crippen LogP contribution in [-0.2, 0) is 25.6 Å². The van der Waals surface area contributed by atoms with E-state index >= 15 is 4.39 Å². The maximum Gasteiger partial charge on any atom is 0.407 e. The number of fused-ring (bicyclic) bond motifs is 5. The molecule has 4 N–H and O–H groups in total. The molecule has 0 aliphatic carbocycles. The number of alkyl carbamates (subject to hydrolysis) is 2. The smallest absolute Gasteiger partial charge is 0.407 e. The van der Waals surface area contributed by atoms with Crippen LogP contribution < -0.4 is 15.4 Å². The first-order valence-electron chi connectivity index (χ1n) is 22.5. The summed E-state index contributed by atoms with van der Waals surface area (Å²) in [5, 5.41) is 6.21. The molecule has 4 amide bonds. The van der Waals surface area contributed by atoms with Crippen LogP contribution in [0.5, 0.6) is 5.75 Å². The van der Waals surface area contributed by atoms with E-state index in [1.165, 1.54) is 20.3 Å². The monoisotopic (exact) mass is 905 g/mol. The van der Waals surface area contributed by atoms with Crippen molar-refractivity contribution in [1.82, 2.24) is 44.9 Å². The van der Waals surface area contributed by atoms with Crippen molar-refractivity contribution < 1.29 is 37.8 Å². The lowest BCUT2D eigenvalue weighted by Crippen LogP contribution is -2.51. The minimum absolute atomic E-state index is 0.175. The number of imidazole rings is 2. The lowest BCUT2D eigenvalue weighted by molar-refractivity contribution is -0.136. The third-order valence-corrected chi connectivity index (χ3v) is 12.5. The van der Waals surface area contributed by atoms with Crippen LogP contribution in [0.1, 0.15) is 91.1 Å². The van der Waals surface area contributed by atoms with Gasteiger partial charge in [-0.1, -0.05) is 52.8 Å². The van der Waals surface area contributed by atoms with Crippen molar-refractivity contribution in [2.24, 2.45) is 11.8 Å². The molecule has 0 saturated carbocycles. The van der Waals surface area contributed by atoms with E-state index in [9.17, 15) is 19.2 Å². The number of aromatic amines is 2. The molecule has 2 aliphatic heterocycles. The fourth-order valence-electron chi connectivity index (χ4n) is 8.89. The van der Waals surface area contributed by atoms with E-state index in [4.69, 9.17) is 14.2 Å². The number of carbonyl (C=O) groups is 4. The van der Waals surface area contributed by atoms with Crippen molar-refractivity contribution in [2.75, 3.05) is 27.3 Å². The van der Waals surface area contributed by atoms with Gasteiger partial charge in [0.15, 0.2) is 6.23 Å². The maximum absolute atomic E-state index is 16.7. The zero-order valence-corrected chi connectivity index (χ0v) is 38.9. The lowest BCUT2D eigenvalue weighted by atomic mass is 10.0. The molecule has 1 fully saturated rings. The largest absolute Gasteiger partial charge is 0.465 e. The number of aromatic nitrogens is 5. The highest BCUT2D eigenvalue weighted by Gasteiger charge is 2.38. The highest BCUT2D eigenvalue weighted by atomic mass is 19.1. The Morgan fingerprint density at radius 2 is 1.67 bits per heavy atom. The second-order valence-corrected chi connectivity index (χ2v) is 17.4. The number of rotatable bonds is 16. The third kappa shape index (κ3) is 9.42. The molecule has 0 radical (unpaired) electrons. The Hall–Kier alpha value is -6.91. The Labute approximate surface area is 384 Å². The van der Waals surface area contributed by atoms with Gasteiger partial charge in [-0.15, -0.1) is 6.58 Å². The van der Waals surface area contributed by atoms with Crippen LogP contribution in [-0.4, -0.2) is 97.7 Å². The van der Waals surface area contributed by atoms with Gasteiger partial charge in [0.25, 0.3) is 0 Å². The predicted molar refractivity (Wildman–Crippen MR) is 248 cm³/mol. The first kappa shape index (κ1) is 47.1. The topological polar surface area (TPSA) is 189 Å². The molecule has 0 spiro atoms. The average molecular weight is 906 g/mol. The summed E-state index contributed by atoms with van der Waals surface area (Å²) in [4.78, 5) is 71.1. The number of likely N-dealkylation sites (tertiary alicyclic amines) is 1. The number of H-pyrrole nitrogens is 2. The number of hydrogen-bond acceptors (Lipinski definition) is 9. The van der Waals surface area contributed by atoms with Crippen molar-refractivity contribution in [3.63, 3.8) is 0 Å². The molecule has 1 saturated heterocycles. The van der Waals surface area contributed by atoms with Crippen LogP contribution in [0.3, 0.4) is 0 Å². The van der Waals surface area contributed by atoms with E-state index in [1.54, 1.807) is 28.3 Å². The van der Waals surface area contributed by atoms with Crippen LogP contribution in [0.25, 0.3) is 44.7 Å². The molecular weight excluding hydrogens is 846 g/mol. The van der Waals surface area contributed by atoms with E-state index in [0.29, 0.717) is 72.3 Å². The van der Waals surface area contributed by atoms with Crippen LogP contribution >= 0.6 is 0 Å². The molecule has 16 nitrogen and oxygen atoms in total. The summed E-state index contributed by atoms with van der Waals surface area (Å²) in [7, 11) is 2.52. The van der Waals surface area contributed by atoms with Crippen LogP contribution in [0, 0.1) is 17.7 Å². The molecular formula is C49H60FN9O7. The minimum atomic E-state index is -0.794. The third-order valence-electron chi connectivity index (χ3n) is 12.5. The van der Waals surface area contributed by atoms with E-state index in [2.05, 4.69) is 44.1 Å². The second-order valence-electron chi connectivity index (χ2n) is 17.4. The van der Waals surface area contributed by atoms with E-state index in [-0.39, 0.29) is 36.2 Å². The molecule has 5 heterocycles. The molecule has 3 aromatic heterocycles. The molecule has 5 aromatic rings. The lowest BCUT2D eigenvalue weighted by Gasteiger charge is -2.32. The molecule has 2 aliphatic rings.